The molecule has 0 spiro atoms. The normalized spacial score (nSPS) is 16.4. The zero-order chi connectivity index (χ0) is 14.4. The molecule has 0 heterocycles. The SMILES string of the molecule is COCCc1ccc(OC(CNC2CC2)C(C)C)cc1. The summed E-state index contributed by atoms with van der Waals surface area (Å²) in [4.78, 5) is 0. The summed E-state index contributed by atoms with van der Waals surface area (Å²) in [5, 5.41) is 3.56. The molecule has 0 aliphatic heterocycles. The molecule has 2 rings (SSSR count). The topological polar surface area (TPSA) is 30.5 Å². The average Bonchev–Trinajstić information content (AvgIpc) is 3.26. The lowest BCUT2D eigenvalue weighted by atomic mass is 10.1. The lowest BCUT2D eigenvalue weighted by Gasteiger charge is -2.23. The Morgan fingerprint density at radius 3 is 2.45 bits per heavy atom. The molecule has 1 aromatic rings. The number of hydrogen-bond acceptors (Lipinski definition) is 3. The quantitative estimate of drug-likeness (QED) is 0.752. The summed E-state index contributed by atoms with van der Waals surface area (Å²) in [5.74, 6) is 1.47. The van der Waals surface area contributed by atoms with Gasteiger partial charge in [0.05, 0.1) is 6.61 Å². The molecule has 1 aliphatic rings. The molecule has 0 saturated heterocycles. The van der Waals surface area contributed by atoms with Crippen molar-refractivity contribution in [1.29, 1.82) is 0 Å². The van der Waals surface area contributed by atoms with Gasteiger partial charge < -0.3 is 14.8 Å². The van der Waals surface area contributed by atoms with Crippen molar-refractivity contribution in [3.63, 3.8) is 0 Å². The standard InChI is InChI=1S/C17H27NO2/c1-13(2)17(12-18-15-6-7-15)20-16-8-4-14(5-9-16)10-11-19-3/h4-5,8-9,13,15,17-18H,6-7,10-12H2,1-3H3. The van der Waals surface area contributed by atoms with Crippen molar-refractivity contribution < 1.29 is 9.47 Å². The number of ether oxygens (including phenoxy) is 2. The largest absolute Gasteiger partial charge is 0.489 e. The first-order valence-corrected chi connectivity index (χ1v) is 7.67. The fourth-order valence-electron chi connectivity index (χ4n) is 2.11. The molecule has 0 radical (unpaired) electrons. The number of methoxy groups -OCH3 is 1. The van der Waals surface area contributed by atoms with Crippen LogP contribution in [0.1, 0.15) is 32.3 Å². The van der Waals surface area contributed by atoms with Crippen LogP contribution in [-0.4, -0.2) is 32.4 Å². The molecule has 1 fully saturated rings. The van der Waals surface area contributed by atoms with Crippen LogP contribution in [0.15, 0.2) is 24.3 Å². The van der Waals surface area contributed by atoms with Crippen LogP contribution in [0.4, 0.5) is 0 Å². The number of nitrogens with one attached hydrogen (secondary N) is 1. The van der Waals surface area contributed by atoms with Crippen molar-refractivity contribution in [3.05, 3.63) is 29.8 Å². The second-order valence-corrected chi connectivity index (χ2v) is 5.97. The van der Waals surface area contributed by atoms with E-state index in [2.05, 4.69) is 43.4 Å². The third-order valence-electron chi connectivity index (χ3n) is 3.73. The maximum absolute atomic E-state index is 6.12. The third kappa shape index (κ3) is 5.14. The van der Waals surface area contributed by atoms with Crippen molar-refractivity contribution in [2.75, 3.05) is 20.3 Å². The molecule has 1 atom stereocenters. The first kappa shape index (κ1) is 15.3. The summed E-state index contributed by atoms with van der Waals surface area (Å²) in [6.45, 7) is 6.13. The lowest BCUT2D eigenvalue weighted by molar-refractivity contribution is 0.148. The van der Waals surface area contributed by atoms with Crippen molar-refractivity contribution in [2.24, 2.45) is 5.92 Å². The van der Waals surface area contributed by atoms with Gasteiger partial charge in [-0.15, -0.1) is 0 Å². The van der Waals surface area contributed by atoms with E-state index in [4.69, 9.17) is 9.47 Å². The van der Waals surface area contributed by atoms with Crippen molar-refractivity contribution >= 4 is 0 Å². The fraction of sp³-hybridized carbons (Fsp3) is 0.647. The molecular weight excluding hydrogens is 250 g/mol. The van der Waals surface area contributed by atoms with E-state index < -0.39 is 0 Å². The Morgan fingerprint density at radius 2 is 1.90 bits per heavy atom. The highest BCUT2D eigenvalue weighted by Gasteiger charge is 2.23. The molecule has 0 amide bonds. The Morgan fingerprint density at radius 1 is 1.20 bits per heavy atom. The first-order valence-electron chi connectivity index (χ1n) is 7.67. The molecule has 1 saturated carbocycles. The number of hydrogen-bond donors (Lipinski definition) is 1. The van der Waals surface area contributed by atoms with Gasteiger partial charge in [0.25, 0.3) is 0 Å². The summed E-state index contributed by atoms with van der Waals surface area (Å²) in [7, 11) is 1.73. The zero-order valence-electron chi connectivity index (χ0n) is 12.9. The minimum Gasteiger partial charge on any atom is -0.489 e. The van der Waals surface area contributed by atoms with Crippen LogP contribution in [0.2, 0.25) is 0 Å². The van der Waals surface area contributed by atoms with E-state index in [9.17, 15) is 0 Å². The summed E-state index contributed by atoms with van der Waals surface area (Å²) in [6.07, 6.45) is 3.83. The molecule has 1 unspecified atom stereocenters. The molecule has 112 valence electrons. The highest BCUT2D eigenvalue weighted by Crippen LogP contribution is 2.21. The van der Waals surface area contributed by atoms with Crippen LogP contribution in [0.25, 0.3) is 0 Å². The molecule has 3 heteroatoms. The summed E-state index contributed by atoms with van der Waals surface area (Å²) < 4.78 is 11.2. The minimum atomic E-state index is 0.237. The van der Waals surface area contributed by atoms with E-state index in [0.717, 1.165) is 31.4 Å². The van der Waals surface area contributed by atoms with Gasteiger partial charge in [0.1, 0.15) is 11.9 Å². The summed E-state index contributed by atoms with van der Waals surface area (Å²) in [6, 6.07) is 9.12. The Hall–Kier alpha value is -1.06. The summed E-state index contributed by atoms with van der Waals surface area (Å²) in [5.41, 5.74) is 1.29. The second-order valence-electron chi connectivity index (χ2n) is 5.97. The van der Waals surface area contributed by atoms with E-state index in [0.29, 0.717) is 5.92 Å². The maximum atomic E-state index is 6.12. The van der Waals surface area contributed by atoms with Gasteiger partial charge in [0.15, 0.2) is 0 Å². The van der Waals surface area contributed by atoms with Crippen LogP contribution in [0.5, 0.6) is 5.75 Å². The molecule has 1 aliphatic carbocycles. The van der Waals surface area contributed by atoms with E-state index in [1.807, 2.05) is 0 Å². The van der Waals surface area contributed by atoms with Gasteiger partial charge in [-0.05, 0) is 42.9 Å². The Balaban J connectivity index is 1.84. The number of rotatable bonds is 9. The maximum Gasteiger partial charge on any atom is 0.119 e. The van der Waals surface area contributed by atoms with E-state index in [-0.39, 0.29) is 6.10 Å². The van der Waals surface area contributed by atoms with Crippen molar-refractivity contribution in [1.82, 2.24) is 5.32 Å². The smallest absolute Gasteiger partial charge is 0.119 e. The van der Waals surface area contributed by atoms with Gasteiger partial charge in [-0.1, -0.05) is 26.0 Å². The van der Waals surface area contributed by atoms with Gasteiger partial charge in [-0.25, -0.2) is 0 Å². The van der Waals surface area contributed by atoms with Gasteiger partial charge >= 0.3 is 0 Å². The molecule has 0 bridgehead atoms. The van der Waals surface area contributed by atoms with E-state index in [1.54, 1.807) is 7.11 Å². The Kier molecular flexibility index (Phi) is 5.86. The van der Waals surface area contributed by atoms with Gasteiger partial charge in [0, 0.05) is 19.7 Å². The van der Waals surface area contributed by atoms with Crippen LogP contribution >= 0.6 is 0 Å². The molecule has 1 N–H and O–H groups in total. The molecule has 1 aromatic carbocycles. The van der Waals surface area contributed by atoms with E-state index >= 15 is 0 Å². The van der Waals surface area contributed by atoms with Crippen molar-refractivity contribution in [3.8, 4) is 5.75 Å². The first-order chi connectivity index (χ1) is 9.69. The van der Waals surface area contributed by atoms with Crippen LogP contribution in [-0.2, 0) is 11.2 Å². The highest BCUT2D eigenvalue weighted by molar-refractivity contribution is 5.27. The highest BCUT2D eigenvalue weighted by atomic mass is 16.5. The van der Waals surface area contributed by atoms with Gasteiger partial charge in [-0.2, -0.15) is 0 Å². The van der Waals surface area contributed by atoms with Gasteiger partial charge in [-0.3, -0.25) is 0 Å². The van der Waals surface area contributed by atoms with E-state index in [1.165, 1.54) is 18.4 Å². The summed E-state index contributed by atoms with van der Waals surface area (Å²) >= 11 is 0. The molecule has 3 nitrogen and oxygen atoms in total. The monoisotopic (exact) mass is 277 g/mol. The Labute approximate surface area is 122 Å². The number of benzene rings is 1. The van der Waals surface area contributed by atoms with Crippen molar-refractivity contribution in [2.45, 2.75) is 45.3 Å². The minimum absolute atomic E-state index is 0.237. The molecule has 20 heavy (non-hydrogen) atoms. The predicted molar refractivity (Wildman–Crippen MR) is 82.3 cm³/mol. The molecular formula is C17H27NO2. The van der Waals surface area contributed by atoms with Gasteiger partial charge in [0.2, 0.25) is 0 Å². The Bertz CT molecular complexity index is 384. The van der Waals surface area contributed by atoms with Crippen LogP contribution < -0.4 is 10.1 Å². The predicted octanol–water partition coefficient (Wildman–Crippen LogP) is 3.03. The second kappa shape index (κ2) is 7.65. The molecule has 0 aromatic heterocycles. The van der Waals surface area contributed by atoms with Crippen LogP contribution in [0, 0.1) is 5.92 Å². The lowest BCUT2D eigenvalue weighted by Crippen LogP contribution is -2.36. The van der Waals surface area contributed by atoms with Crippen LogP contribution in [0.3, 0.4) is 0 Å². The zero-order valence-corrected chi connectivity index (χ0v) is 12.9. The third-order valence-corrected chi connectivity index (χ3v) is 3.73. The fourth-order valence-corrected chi connectivity index (χ4v) is 2.11. The average molecular weight is 277 g/mol.